The van der Waals surface area contributed by atoms with Gasteiger partial charge in [0.2, 0.25) is 20.9 Å². The van der Waals surface area contributed by atoms with E-state index in [0.717, 1.165) is 5.56 Å². The summed E-state index contributed by atoms with van der Waals surface area (Å²) in [6, 6.07) is 6.44. The van der Waals surface area contributed by atoms with Crippen molar-refractivity contribution < 1.29 is 30.9 Å². The number of hydrogen-bond acceptors (Lipinski definition) is 10. The van der Waals surface area contributed by atoms with E-state index in [1.807, 2.05) is 0 Å². The van der Waals surface area contributed by atoms with Crippen molar-refractivity contribution in [1.29, 1.82) is 0 Å². The van der Waals surface area contributed by atoms with Crippen LogP contribution < -0.4 is 9.88 Å². The van der Waals surface area contributed by atoms with Gasteiger partial charge in [-0.3, -0.25) is 4.18 Å². The number of nitrogens with two attached hydrogens (primary N) is 1. The molecule has 3 aromatic rings. The molecule has 1 saturated carbocycles. The predicted molar refractivity (Wildman–Crippen MR) is 111 cm³/mol. The van der Waals surface area contributed by atoms with Crippen LogP contribution in [0.1, 0.15) is 18.4 Å². The minimum absolute atomic E-state index is 0.0680. The van der Waals surface area contributed by atoms with E-state index >= 15 is 0 Å². The number of H-pyrrole nitrogens is 1. The van der Waals surface area contributed by atoms with Crippen LogP contribution in [0.4, 0.5) is 0 Å². The average molecular weight is 484 g/mol. The Balaban J connectivity index is 1.57. The number of imidazole rings is 1. The van der Waals surface area contributed by atoms with E-state index in [2.05, 4.69) is 24.1 Å². The molecule has 2 heterocycles. The van der Waals surface area contributed by atoms with E-state index in [-0.39, 0.29) is 46.5 Å². The van der Waals surface area contributed by atoms with Gasteiger partial charge in [-0.05, 0) is 31.0 Å². The number of aliphatic hydroxyl groups is 1. The summed E-state index contributed by atoms with van der Waals surface area (Å²) in [5, 5.41) is 14.7. The van der Waals surface area contributed by atoms with Crippen LogP contribution >= 0.6 is 0 Å². The monoisotopic (exact) mass is 483 g/mol. The normalized spacial score (nSPS) is 21.8. The molecule has 0 saturated heterocycles. The van der Waals surface area contributed by atoms with Crippen LogP contribution in [-0.4, -0.2) is 60.7 Å². The van der Waals surface area contributed by atoms with Gasteiger partial charge in [-0.25, -0.2) is 18.5 Å². The van der Waals surface area contributed by atoms with Gasteiger partial charge in [0.15, 0.2) is 5.65 Å². The lowest BCUT2D eigenvalue weighted by molar-refractivity contribution is 0.0986. The second-order valence-corrected chi connectivity index (χ2v) is 10.6. The summed E-state index contributed by atoms with van der Waals surface area (Å²) in [7, 11) is -8.04. The highest BCUT2D eigenvalue weighted by Crippen LogP contribution is 2.32. The fraction of sp³-hybridized carbons (Fsp3) is 0.389. The molecule has 14 heteroatoms. The quantitative estimate of drug-likeness (QED) is 0.420. The number of nitrogens with zero attached hydrogens (tertiary/aromatic N) is 3. The molecular formula is C18H21N5O7S2. The van der Waals surface area contributed by atoms with Crippen molar-refractivity contribution >= 4 is 31.3 Å². The van der Waals surface area contributed by atoms with Gasteiger partial charge in [0.1, 0.15) is 17.9 Å². The molecule has 0 radical (unpaired) electrons. The third kappa shape index (κ3) is 4.73. The van der Waals surface area contributed by atoms with Gasteiger partial charge in [-0.2, -0.15) is 18.4 Å². The van der Waals surface area contributed by atoms with Crippen molar-refractivity contribution in [2.24, 2.45) is 11.1 Å². The number of aromatic amines is 1. The maximum Gasteiger partial charge on any atom is 0.333 e. The summed E-state index contributed by atoms with van der Waals surface area (Å²) in [6.07, 6.45) is 0.293. The summed E-state index contributed by atoms with van der Waals surface area (Å²) in [5.74, 6) is -0.437. The predicted octanol–water partition coefficient (Wildman–Crippen LogP) is 0.233. The highest BCUT2D eigenvalue weighted by atomic mass is 32.2. The summed E-state index contributed by atoms with van der Waals surface area (Å²) < 4.78 is 58.3. The van der Waals surface area contributed by atoms with E-state index in [4.69, 9.17) is 9.88 Å². The van der Waals surface area contributed by atoms with Crippen molar-refractivity contribution in [3.8, 4) is 5.88 Å². The maximum absolute atomic E-state index is 13.0. The SMILES string of the molecule is Cc1cccc(S(=O)(=O)c2nc3ncnc(O[C@@H]4C[C@@H](COS(N)(=O)=O)[C@@H](O)C4)c3[nH]2)c1. The van der Waals surface area contributed by atoms with Crippen LogP contribution in [0.25, 0.3) is 11.2 Å². The zero-order chi connectivity index (χ0) is 23.1. The van der Waals surface area contributed by atoms with Gasteiger partial charge in [0.05, 0.1) is 17.6 Å². The van der Waals surface area contributed by atoms with E-state index in [1.165, 1.54) is 18.5 Å². The first-order valence-electron chi connectivity index (χ1n) is 9.57. The maximum atomic E-state index is 13.0. The number of ether oxygens (including phenoxy) is 1. The molecule has 32 heavy (non-hydrogen) atoms. The molecule has 3 atom stereocenters. The topological polar surface area (TPSA) is 187 Å². The standard InChI is InChI=1S/C18H21N5O7S2/c1-10-3-2-4-13(5-10)31(25,26)18-22-15-16(23-18)20-9-21-17(15)30-12-6-11(14(24)7-12)8-29-32(19,27)28/h2-5,9,11-12,14,24H,6-8H2,1H3,(H2,19,27,28)(H,20,21,22,23)/t11-,12+,14-/m0/s1. The Bertz CT molecular complexity index is 1360. The number of aliphatic hydroxyl groups excluding tert-OH is 1. The van der Waals surface area contributed by atoms with E-state index in [9.17, 15) is 21.9 Å². The molecule has 1 aliphatic carbocycles. The van der Waals surface area contributed by atoms with Gasteiger partial charge < -0.3 is 14.8 Å². The van der Waals surface area contributed by atoms with Gasteiger partial charge in [0.25, 0.3) is 0 Å². The largest absolute Gasteiger partial charge is 0.473 e. The first kappa shape index (κ1) is 22.5. The lowest BCUT2D eigenvalue weighted by Crippen LogP contribution is -2.24. The van der Waals surface area contributed by atoms with E-state index in [1.54, 1.807) is 19.1 Å². The first-order chi connectivity index (χ1) is 15.0. The van der Waals surface area contributed by atoms with Crippen molar-refractivity contribution in [2.75, 3.05) is 6.61 Å². The van der Waals surface area contributed by atoms with Gasteiger partial charge >= 0.3 is 10.3 Å². The zero-order valence-electron chi connectivity index (χ0n) is 16.9. The van der Waals surface area contributed by atoms with Gasteiger partial charge in [0, 0.05) is 12.3 Å². The Morgan fingerprint density at radius 2 is 2.00 bits per heavy atom. The number of nitrogens with one attached hydrogen (secondary N) is 1. The van der Waals surface area contributed by atoms with Crippen LogP contribution in [-0.2, 0) is 24.3 Å². The number of aryl methyl sites for hydroxylation is 1. The van der Waals surface area contributed by atoms with Crippen molar-refractivity contribution in [3.63, 3.8) is 0 Å². The third-order valence-electron chi connectivity index (χ3n) is 5.13. The summed E-state index contributed by atoms with van der Waals surface area (Å²) in [5.41, 5.74) is 1.08. The molecule has 4 rings (SSSR count). The average Bonchev–Trinajstić information content (AvgIpc) is 3.30. The molecule has 0 spiro atoms. The van der Waals surface area contributed by atoms with Crippen molar-refractivity contribution in [3.05, 3.63) is 36.2 Å². The minimum Gasteiger partial charge on any atom is -0.473 e. The van der Waals surface area contributed by atoms with Crippen molar-refractivity contribution in [2.45, 2.75) is 42.0 Å². The highest BCUT2D eigenvalue weighted by Gasteiger charge is 2.36. The van der Waals surface area contributed by atoms with E-state index in [0.29, 0.717) is 0 Å². The third-order valence-corrected chi connectivity index (χ3v) is 7.17. The fourth-order valence-corrected chi connectivity index (χ4v) is 5.19. The lowest BCUT2D eigenvalue weighted by atomic mass is 10.1. The second-order valence-electron chi connectivity index (χ2n) is 7.56. The molecule has 0 bridgehead atoms. The molecule has 1 aliphatic rings. The molecule has 1 fully saturated rings. The molecule has 0 unspecified atom stereocenters. The number of hydrogen-bond donors (Lipinski definition) is 3. The van der Waals surface area contributed by atoms with Crippen LogP contribution in [0.5, 0.6) is 5.88 Å². The van der Waals surface area contributed by atoms with Crippen LogP contribution in [0.2, 0.25) is 0 Å². The molecular weight excluding hydrogens is 462 g/mol. The number of fused-ring (bicyclic) bond motifs is 1. The highest BCUT2D eigenvalue weighted by molar-refractivity contribution is 7.91. The molecule has 12 nitrogen and oxygen atoms in total. The lowest BCUT2D eigenvalue weighted by Gasteiger charge is -2.13. The smallest absolute Gasteiger partial charge is 0.333 e. The Morgan fingerprint density at radius 3 is 2.72 bits per heavy atom. The number of benzene rings is 1. The van der Waals surface area contributed by atoms with Gasteiger partial charge in [-0.1, -0.05) is 12.1 Å². The second kappa shape index (κ2) is 8.37. The number of aromatic nitrogens is 4. The molecule has 1 aromatic carbocycles. The zero-order valence-corrected chi connectivity index (χ0v) is 18.5. The molecule has 0 aliphatic heterocycles. The number of rotatable bonds is 7. The van der Waals surface area contributed by atoms with Crippen LogP contribution in [0.15, 0.2) is 40.6 Å². The summed E-state index contributed by atoms with van der Waals surface area (Å²) >= 11 is 0. The van der Waals surface area contributed by atoms with Crippen LogP contribution in [0, 0.1) is 12.8 Å². The Kier molecular flexibility index (Phi) is 5.89. The fourth-order valence-electron chi connectivity index (χ4n) is 3.56. The van der Waals surface area contributed by atoms with Gasteiger partial charge in [-0.15, -0.1) is 0 Å². The molecule has 0 amide bonds. The Morgan fingerprint density at radius 1 is 1.22 bits per heavy atom. The first-order valence-corrected chi connectivity index (χ1v) is 12.5. The summed E-state index contributed by atoms with van der Waals surface area (Å²) in [6.45, 7) is 1.51. The molecule has 172 valence electrons. The summed E-state index contributed by atoms with van der Waals surface area (Å²) in [4.78, 5) is 15.0. The molecule has 4 N–H and O–H groups in total. The van der Waals surface area contributed by atoms with Crippen LogP contribution in [0.3, 0.4) is 0 Å². The minimum atomic E-state index is -4.12. The molecule has 2 aromatic heterocycles. The Hall–Kier alpha value is -2.65. The Labute approximate surface area is 184 Å². The number of sulfone groups is 1. The van der Waals surface area contributed by atoms with E-state index < -0.39 is 38.3 Å². The van der Waals surface area contributed by atoms with Crippen molar-refractivity contribution in [1.82, 2.24) is 19.9 Å².